The topological polar surface area (TPSA) is 29.5 Å². The van der Waals surface area contributed by atoms with Gasteiger partial charge in [-0.1, -0.05) is 61.0 Å². The molecule has 1 aliphatic carbocycles. The molecule has 0 amide bonds. The smallest absolute Gasteiger partial charge is 0.309 e. The van der Waals surface area contributed by atoms with Gasteiger partial charge in [0.15, 0.2) is 0 Å². The van der Waals surface area contributed by atoms with Gasteiger partial charge >= 0.3 is 5.97 Å². The van der Waals surface area contributed by atoms with Crippen LogP contribution < -0.4 is 0 Å². The first kappa shape index (κ1) is 20.9. The lowest BCUT2D eigenvalue weighted by Crippen LogP contribution is -2.45. The number of piperidine rings is 1. The van der Waals surface area contributed by atoms with Crippen molar-refractivity contribution in [1.29, 1.82) is 0 Å². The summed E-state index contributed by atoms with van der Waals surface area (Å²) < 4.78 is 6.33. The van der Waals surface area contributed by atoms with Gasteiger partial charge in [0.1, 0.15) is 5.60 Å². The van der Waals surface area contributed by atoms with Crippen LogP contribution in [0.3, 0.4) is 0 Å². The molecule has 0 spiro atoms. The van der Waals surface area contributed by atoms with E-state index in [4.69, 9.17) is 4.74 Å². The number of rotatable bonds is 5. The molecule has 1 heterocycles. The Morgan fingerprint density at radius 1 is 1.04 bits per heavy atom. The van der Waals surface area contributed by atoms with Crippen molar-refractivity contribution in [3.63, 3.8) is 0 Å². The van der Waals surface area contributed by atoms with Gasteiger partial charge in [0.25, 0.3) is 0 Å². The predicted molar refractivity (Wildman–Crippen MR) is 115 cm³/mol. The summed E-state index contributed by atoms with van der Waals surface area (Å²) in [6.45, 7) is 1.91. The summed E-state index contributed by atoms with van der Waals surface area (Å²) >= 11 is 0. The standard InChI is InChI=1S/C24H29NO2.ClH/c1-25-16-14-24(15-17-25,27-23(26)20-11-7-12-20)22-13-6-5-10-21(22)18-19-8-3-2-4-9-19;/h2-6,8-10,13,20H,7,11-12,14-18H2,1H3;1H. The SMILES string of the molecule is CN1CCC(OC(=O)C2CCC2)(c2ccccc2Cc2ccccc2)CC1.Cl. The Morgan fingerprint density at radius 3 is 2.32 bits per heavy atom. The van der Waals surface area contributed by atoms with Crippen LogP contribution >= 0.6 is 12.4 Å². The number of ether oxygens (including phenoxy) is 1. The summed E-state index contributed by atoms with van der Waals surface area (Å²) in [5.41, 5.74) is 3.28. The highest BCUT2D eigenvalue weighted by molar-refractivity contribution is 5.85. The van der Waals surface area contributed by atoms with Gasteiger partial charge in [-0.05, 0) is 43.0 Å². The normalized spacial score (nSPS) is 19.3. The molecule has 0 aromatic heterocycles. The largest absolute Gasteiger partial charge is 0.454 e. The monoisotopic (exact) mass is 399 g/mol. The molecule has 4 rings (SSSR count). The third kappa shape index (κ3) is 4.42. The lowest BCUT2D eigenvalue weighted by atomic mass is 9.79. The quantitative estimate of drug-likeness (QED) is 0.665. The van der Waals surface area contributed by atoms with Crippen molar-refractivity contribution in [2.24, 2.45) is 5.92 Å². The Hall–Kier alpha value is -1.84. The van der Waals surface area contributed by atoms with Gasteiger partial charge in [-0.3, -0.25) is 4.79 Å². The van der Waals surface area contributed by atoms with Crippen LogP contribution in [-0.4, -0.2) is 31.0 Å². The molecule has 2 aromatic carbocycles. The third-order valence-electron chi connectivity index (χ3n) is 6.27. The van der Waals surface area contributed by atoms with Gasteiger partial charge in [-0.15, -0.1) is 12.4 Å². The van der Waals surface area contributed by atoms with Crippen LogP contribution in [0.15, 0.2) is 54.6 Å². The van der Waals surface area contributed by atoms with E-state index in [-0.39, 0.29) is 24.3 Å². The Kier molecular flexibility index (Phi) is 6.79. The molecule has 1 aliphatic heterocycles. The summed E-state index contributed by atoms with van der Waals surface area (Å²) in [7, 11) is 2.15. The molecule has 0 bridgehead atoms. The molecule has 0 atom stereocenters. The molecular formula is C24H30ClNO2. The molecule has 1 saturated carbocycles. The van der Waals surface area contributed by atoms with Gasteiger partial charge in [0.05, 0.1) is 5.92 Å². The van der Waals surface area contributed by atoms with Gasteiger partial charge in [-0.25, -0.2) is 0 Å². The van der Waals surface area contributed by atoms with Gasteiger partial charge in [-0.2, -0.15) is 0 Å². The first-order valence-corrected chi connectivity index (χ1v) is 10.2. The molecular weight excluding hydrogens is 370 g/mol. The summed E-state index contributed by atoms with van der Waals surface area (Å²) in [6.07, 6.45) is 5.73. The van der Waals surface area contributed by atoms with Crippen LogP contribution in [0.25, 0.3) is 0 Å². The average molecular weight is 400 g/mol. The number of benzene rings is 2. The first-order valence-electron chi connectivity index (χ1n) is 10.2. The zero-order valence-electron chi connectivity index (χ0n) is 16.6. The molecule has 0 N–H and O–H groups in total. The van der Waals surface area contributed by atoms with Gasteiger partial charge in [0.2, 0.25) is 0 Å². The second-order valence-electron chi connectivity index (χ2n) is 8.17. The Bertz CT molecular complexity index is 780. The highest BCUT2D eigenvalue weighted by Crippen LogP contribution is 2.41. The zero-order chi connectivity index (χ0) is 18.7. The van der Waals surface area contributed by atoms with Gasteiger partial charge < -0.3 is 9.64 Å². The van der Waals surface area contributed by atoms with Crippen LogP contribution in [0.4, 0.5) is 0 Å². The zero-order valence-corrected chi connectivity index (χ0v) is 17.4. The number of halogens is 1. The van der Waals surface area contributed by atoms with Crippen molar-refractivity contribution in [1.82, 2.24) is 4.90 Å². The van der Waals surface area contributed by atoms with E-state index in [1.165, 1.54) is 16.7 Å². The fraction of sp³-hybridized carbons (Fsp3) is 0.458. The van der Waals surface area contributed by atoms with E-state index in [0.29, 0.717) is 0 Å². The summed E-state index contributed by atoms with van der Waals surface area (Å²) in [5.74, 6) is 0.128. The van der Waals surface area contributed by atoms with Crippen molar-refractivity contribution in [2.45, 2.75) is 44.1 Å². The molecule has 2 aromatic rings. The van der Waals surface area contributed by atoms with Crippen LogP contribution in [-0.2, 0) is 21.6 Å². The molecule has 3 nitrogen and oxygen atoms in total. The number of hydrogen-bond donors (Lipinski definition) is 0. The van der Waals surface area contributed by atoms with E-state index in [2.05, 4.69) is 60.5 Å². The lowest BCUT2D eigenvalue weighted by molar-refractivity contribution is -0.174. The highest BCUT2D eigenvalue weighted by Gasteiger charge is 2.42. The average Bonchev–Trinajstić information content (AvgIpc) is 2.64. The van der Waals surface area contributed by atoms with E-state index >= 15 is 0 Å². The molecule has 1 saturated heterocycles. The maximum atomic E-state index is 12.8. The third-order valence-corrected chi connectivity index (χ3v) is 6.27. The minimum Gasteiger partial charge on any atom is -0.454 e. The molecule has 150 valence electrons. The Labute approximate surface area is 174 Å². The molecule has 2 aliphatic rings. The van der Waals surface area contributed by atoms with E-state index in [0.717, 1.165) is 51.6 Å². The number of nitrogens with zero attached hydrogens (tertiary/aromatic N) is 1. The van der Waals surface area contributed by atoms with Gasteiger partial charge in [0, 0.05) is 25.9 Å². The van der Waals surface area contributed by atoms with Crippen LogP contribution in [0, 0.1) is 5.92 Å². The van der Waals surface area contributed by atoms with Crippen molar-refractivity contribution < 1.29 is 9.53 Å². The number of hydrogen-bond acceptors (Lipinski definition) is 3. The van der Waals surface area contributed by atoms with E-state index < -0.39 is 5.60 Å². The fourth-order valence-electron chi connectivity index (χ4n) is 4.26. The highest BCUT2D eigenvalue weighted by atomic mass is 35.5. The Balaban J connectivity index is 0.00000225. The summed E-state index contributed by atoms with van der Waals surface area (Å²) in [6, 6.07) is 19.1. The molecule has 2 fully saturated rings. The fourth-order valence-corrected chi connectivity index (χ4v) is 4.26. The summed E-state index contributed by atoms with van der Waals surface area (Å²) in [5, 5.41) is 0. The number of esters is 1. The second kappa shape index (κ2) is 9.11. The predicted octanol–water partition coefficient (Wildman–Crippen LogP) is 4.96. The van der Waals surface area contributed by atoms with Crippen molar-refractivity contribution in [3.8, 4) is 0 Å². The molecule has 4 heteroatoms. The van der Waals surface area contributed by atoms with Crippen molar-refractivity contribution in [2.75, 3.05) is 20.1 Å². The van der Waals surface area contributed by atoms with Crippen molar-refractivity contribution >= 4 is 18.4 Å². The summed E-state index contributed by atoms with van der Waals surface area (Å²) in [4.78, 5) is 15.1. The number of likely N-dealkylation sites (tertiary alicyclic amines) is 1. The number of carbonyl (C=O) groups is 1. The first-order chi connectivity index (χ1) is 13.2. The lowest BCUT2D eigenvalue weighted by Gasteiger charge is -2.42. The van der Waals surface area contributed by atoms with E-state index in [1.807, 2.05) is 6.07 Å². The maximum absolute atomic E-state index is 12.8. The molecule has 28 heavy (non-hydrogen) atoms. The van der Waals surface area contributed by atoms with Crippen LogP contribution in [0.2, 0.25) is 0 Å². The maximum Gasteiger partial charge on any atom is 0.309 e. The van der Waals surface area contributed by atoms with Crippen molar-refractivity contribution in [3.05, 3.63) is 71.3 Å². The molecule has 0 unspecified atom stereocenters. The minimum absolute atomic E-state index is 0. The Morgan fingerprint density at radius 2 is 1.68 bits per heavy atom. The van der Waals surface area contributed by atoms with E-state index in [9.17, 15) is 4.79 Å². The second-order valence-corrected chi connectivity index (χ2v) is 8.17. The minimum atomic E-state index is -0.482. The van der Waals surface area contributed by atoms with Crippen LogP contribution in [0.5, 0.6) is 0 Å². The van der Waals surface area contributed by atoms with E-state index in [1.54, 1.807) is 0 Å². The van der Waals surface area contributed by atoms with Crippen LogP contribution in [0.1, 0.15) is 48.8 Å². The number of carbonyl (C=O) groups excluding carboxylic acids is 1. The molecule has 0 radical (unpaired) electrons.